The number of rotatable bonds is 5. The van der Waals surface area contributed by atoms with E-state index < -0.39 is 0 Å². The van der Waals surface area contributed by atoms with Crippen LogP contribution in [0.3, 0.4) is 0 Å². The minimum absolute atomic E-state index is 0.125. The molecule has 0 heterocycles. The van der Waals surface area contributed by atoms with E-state index >= 15 is 0 Å². The molecule has 1 aliphatic carbocycles. The average Bonchev–Trinajstić information content (AvgIpc) is 2.65. The summed E-state index contributed by atoms with van der Waals surface area (Å²) >= 11 is 0. The zero-order valence-electron chi connectivity index (χ0n) is 15.6. The van der Waals surface area contributed by atoms with Crippen molar-refractivity contribution in [3.63, 3.8) is 0 Å². The van der Waals surface area contributed by atoms with E-state index in [0.29, 0.717) is 6.10 Å². The molecule has 1 amide bonds. The normalized spacial score (nSPS) is 15.2. The van der Waals surface area contributed by atoms with Crippen molar-refractivity contribution in [2.75, 3.05) is 5.32 Å². The molecule has 2 aromatic carbocycles. The van der Waals surface area contributed by atoms with E-state index in [2.05, 4.69) is 18.3 Å². The van der Waals surface area contributed by atoms with Crippen molar-refractivity contribution >= 4 is 17.7 Å². The van der Waals surface area contributed by atoms with Crippen molar-refractivity contribution < 1.29 is 9.53 Å². The number of nitrogens with one attached hydrogen (secondary N) is 1. The van der Waals surface area contributed by atoms with Crippen LogP contribution in [-0.2, 0) is 4.79 Å². The predicted molar refractivity (Wildman–Crippen MR) is 108 cm³/mol. The lowest BCUT2D eigenvalue weighted by atomic mass is 9.97. The minimum atomic E-state index is -0.125. The van der Waals surface area contributed by atoms with Gasteiger partial charge in [0, 0.05) is 11.8 Å². The fourth-order valence-electron chi connectivity index (χ4n) is 3.33. The minimum Gasteiger partial charge on any atom is -0.490 e. The molecule has 1 aliphatic rings. The molecule has 0 aliphatic heterocycles. The lowest BCUT2D eigenvalue weighted by molar-refractivity contribution is -0.111. The first kappa shape index (κ1) is 18.2. The quantitative estimate of drug-likeness (QED) is 0.707. The van der Waals surface area contributed by atoms with Crippen LogP contribution in [0.2, 0.25) is 0 Å². The maximum Gasteiger partial charge on any atom is 0.248 e. The number of aryl methyl sites for hydroxylation is 2. The van der Waals surface area contributed by atoms with E-state index in [9.17, 15) is 4.79 Å². The Morgan fingerprint density at radius 2 is 1.81 bits per heavy atom. The molecular formula is C23H27NO2. The Morgan fingerprint density at radius 1 is 1.04 bits per heavy atom. The standard InChI is InChI=1S/C23H27NO2/c1-17-8-6-7-11-21(17)24-23(25)15-13-19-12-14-22(18(2)16-19)26-20-9-4-3-5-10-20/h6-8,11-16,20H,3-5,9-10H2,1-2H3,(H,24,25)/b15-13+. The highest BCUT2D eigenvalue weighted by Crippen LogP contribution is 2.26. The first-order valence-electron chi connectivity index (χ1n) is 9.44. The summed E-state index contributed by atoms with van der Waals surface area (Å²) in [6.45, 7) is 4.04. The van der Waals surface area contributed by atoms with Crippen molar-refractivity contribution in [1.82, 2.24) is 0 Å². The van der Waals surface area contributed by atoms with Crippen LogP contribution in [-0.4, -0.2) is 12.0 Å². The van der Waals surface area contributed by atoms with Gasteiger partial charge in [0.25, 0.3) is 0 Å². The summed E-state index contributed by atoms with van der Waals surface area (Å²) in [7, 11) is 0. The number of para-hydroxylation sites is 1. The average molecular weight is 349 g/mol. The van der Waals surface area contributed by atoms with Gasteiger partial charge in [0.2, 0.25) is 5.91 Å². The Labute approximate surface area is 156 Å². The number of carbonyl (C=O) groups is 1. The molecule has 136 valence electrons. The SMILES string of the molecule is Cc1ccccc1NC(=O)/C=C/c1ccc(OC2CCCCC2)c(C)c1. The summed E-state index contributed by atoms with van der Waals surface area (Å²) in [5.74, 6) is 0.831. The smallest absolute Gasteiger partial charge is 0.248 e. The zero-order valence-corrected chi connectivity index (χ0v) is 15.6. The third kappa shape index (κ3) is 4.98. The second kappa shape index (κ2) is 8.70. The monoisotopic (exact) mass is 349 g/mol. The summed E-state index contributed by atoms with van der Waals surface area (Å²) in [5.41, 5.74) is 4.00. The van der Waals surface area contributed by atoms with Crippen LogP contribution in [0.15, 0.2) is 48.5 Å². The third-order valence-corrected chi connectivity index (χ3v) is 4.87. The number of hydrogen-bond acceptors (Lipinski definition) is 2. The Kier molecular flexibility index (Phi) is 6.11. The van der Waals surface area contributed by atoms with Crippen LogP contribution in [0.5, 0.6) is 5.75 Å². The Balaban J connectivity index is 1.60. The highest BCUT2D eigenvalue weighted by molar-refractivity contribution is 6.02. The summed E-state index contributed by atoms with van der Waals surface area (Å²) in [5, 5.41) is 2.91. The predicted octanol–water partition coefficient (Wildman–Crippen LogP) is 5.67. The highest BCUT2D eigenvalue weighted by Gasteiger charge is 2.15. The maximum atomic E-state index is 12.1. The molecule has 3 heteroatoms. The molecule has 2 aromatic rings. The summed E-state index contributed by atoms with van der Waals surface area (Å²) in [4.78, 5) is 12.1. The fourth-order valence-corrected chi connectivity index (χ4v) is 3.33. The van der Waals surface area contributed by atoms with Crippen LogP contribution in [0.25, 0.3) is 6.08 Å². The van der Waals surface area contributed by atoms with Gasteiger partial charge in [-0.2, -0.15) is 0 Å². The van der Waals surface area contributed by atoms with Gasteiger partial charge in [-0.15, -0.1) is 0 Å². The van der Waals surface area contributed by atoms with E-state index in [1.807, 2.05) is 49.4 Å². The van der Waals surface area contributed by atoms with Gasteiger partial charge in [0.15, 0.2) is 0 Å². The van der Waals surface area contributed by atoms with E-state index in [-0.39, 0.29) is 5.91 Å². The van der Waals surface area contributed by atoms with Crippen LogP contribution in [0.1, 0.15) is 48.8 Å². The first-order chi connectivity index (χ1) is 12.6. The number of anilines is 1. The molecule has 3 nitrogen and oxygen atoms in total. The molecule has 1 fully saturated rings. The summed E-state index contributed by atoms with van der Waals surface area (Å²) < 4.78 is 6.16. The number of hydrogen-bond donors (Lipinski definition) is 1. The fraction of sp³-hybridized carbons (Fsp3) is 0.348. The Hall–Kier alpha value is -2.55. The topological polar surface area (TPSA) is 38.3 Å². The lowest BCUT2D eigenvalue weighted by Gasteiger charge is -2.24. The van der Waals surface area contributed by atoms with Gasteiger partial charge in [-0.05, 0) is 80.5 Å². The number of amides is 1. The van der Waals surface area contributed by atoms with Crippen molar-refractivity contribution in [3.8, 4) is 5.75 Å². The van der Waals surface area contributed by atoms with E-state index in [0.717, 1.165) is 41.0 Å². The van der Waals surface area contributed by atoms with Gasteiger partial charge in [-0.1, -0.05) is 30.7 Å². The maximum absolute atomic E-state index is 12.1. The molecule has 0 saturated heterocycles. The number of benzene rings is 2. The molecule has 3 rings (SSSR count). The van der Waals surface area contributed by atoms with E-state index in [1.54, 1.807) is 6.08 Å². The molecule has 1 N–H and O–H groups in total. The summed E-state index contributed by atoms with van der Waals surface area (Å²) in [6.07, 6.45) is 9.92. The summed E-state index contributed by atoms with van der Waals surface area (Å²) in [6, 6.07) is 13.8. The largest absolute Gasteiger partial charge is 0.490 e. The lowest BCUT2D eigenvalue weighted by Crippen LogP contribution is -2.19. The van der Waals surface area contributed by atoms with Gasteiger partial charge < -0.3 is 10.1 Å². The van der Waals surface area contributed by atoms with Crippen LogP contribution in [0, 0.1) is 13.8 Å². The van der Waals surface area contributed by atoms with Gasteiger partial charge in [0.05, 0.1) is 6.10 Å². The molecule has 0 aromatic heterocycles. The van der Waals surface area contributed by atoms with Crippen LogP contribution < -0.4 is 10.1 Å². The Morgan fingerprint density at radius 3 is 2.54 bits per heavy atom. The second-order valence-electron chi connectivity index (χ2n) is 7.04. The molecule has 0 radical (unpaired) electrons. The molecule has 0 unspecified atom stereocenters. The second-order valence-corrected chi connectivity index (χ2v) is 7.04. The number of ether oxygens (including phenoxy) is 1. The zero-order chi connectivity index (χ0) is 18.4. The van der Waals surface area contributed by atoms with Crippen molar-refractivity contribution in [1.29, 1.82) is 0 Å². The third-order valence-electron chi connectivity index (χ3n) is 4.87. The molecule has 1 saturated carbocycles. The highest BCUT2D eigenvalue weighted by atomic mass is 16.5. The van der Waals surface area contributed by atoms with E-state index in [1.165, 1.54) is 19.3 Å². The van der Waals surface area contributed by atoms with Crippen LogP contribution >= 0.6 is 0 Å². The van der Waals surface area contributed by atoms with Gasteiger partial charge in [0.1, 0.15) is 5.75 Å². The Bertz CT molecular complexity index is 789. The van der Waals surface area contributed by atoms with Crippen molar-refractivity contribution in [2.24, 2.45) is 0 Å². The van der Waals surface area contributed by atoms with Crippen molar-refractivity contribution in [3.05, 3.63) is 65.2 Å². The first-order valence-corrected chi connectivity index (χ1v) is 9.44. The van der Waals surface area contributed by atoms with Gasteiger partial charge >= 0.3 is 0 Å². The van der Waals surface area contributed by atoms with Gasteiger partial charge in [-0.3, -0.25) is 4.79 Å². The van der Waals surface area contributed by atoms with Crippen LogP contribution in [0.4, 0.5) is 5.69 Å². The molecule has 0 atom stereocenters. The molecule has 26 heavy (non-hydrogen) atoms. The van der Waals surface area contributed by atoms with Crippen molar-refractivity contribution in [2.45, 2.75) is 52.1 Å². The van der Waals surface area contributed by atoms with Gasteiger partial charge in [-0.25, -0.2) is 0 Å². The molecule has 0 bridgehead atoms. The molecular weight excluding hydrogens is 322 g/mol. The van der Waals surface area contributed by atoms with E-state index in [4.69, 9.17) is 4.74 Å². The molecule has 0 spiro atoms. The number of carbonyl (C=O) groups excluding carboxylic acids is 1.